The van der Waals surface area contributed by atoms with Crippen molar-refractivity contribution in [3.05, 3.63) is 96.1 Å². The number of carbonyl (C=O) groups is 1. The lowest BCUT2D eigenvalue weighted by atomic mass is 9.55. The van der Waals surface area contributed by atoms with Crippen LogP contribution in [0.5, 0.6) is 28.7 Å². The number of rotatable bonds is 22. The van der Waals surface area contributed by atoms with Crippen LogP contribution in [0.15, 0.2) is 95.0 Å². The van der Waals surface area contributed by atoms with Crippen LogP contribution in [0.1, 0.15) is 120 Å². The van der Waals surface area contributed by atoms with Crippen molar-refractivity contribution in [2.45, 2.75) is 138 Å². The number of hydrogen-bond acceptors (Lipinski definition) is 12. The van der Waals surface area contributed by atoms with E-state index in [0.717, 1.165) is 97.3 Å². The van der Waals surface area contributed by atoms with Gasteiger partial charge in [-0.25, -0.2) is 0 Å². The number of allylic oxidation sites excluding steroid dienone is 1. The molecule has 13 heteroatoms. The fraction of sp³-hybridized carbons (Fsp3) is 0.564. The average molecular weight is 951 g/mol. The van der Waals surface area contributed by atoms with Crippen LogP contribution in [0.4, 0.5) is 0 Å². The highest BCUT2D eigenvalue weighted by Crippen LogP contribution is 2.62. The fourth-order valence-corrected chi connectivity index (χ4v) is 12.2. The predicted molar refractivity (Wildman–Crippen MR) is 262 cm³/mol. The summed E-state index contributed by atoms with van der Waals surface area (Å²) in [6.07, 6.45) is 19.4. The molecule has 6 aliphatic rings. The molecule has 0 bridgehead atoms. The Hall–Kier alpha value is -4.53. The molecule has 9 rings (SSSR count). The van der Waals surface area contributed by atoms with Gasteiger partial charge in [0.2, 0.25) is 24.8 Å². The number of aliphatic hydroxyl groups excluding tert-OH is 2. The molecule has 3 heterocycles. The molecule has 1 unspecified atom stereocenters. The number of carbonyl (C=O) groups excluding carboxylic acids is 1. The smallest absolute Gasteiger partial charge is 0.239 e. The van der Waals surface area contributed by atoms with Crippen molar-refractivity contribution in [1.29, 1.82) is 0 Å². The maximum atomic E-state index is 15.4. The number of unbranched alkanes of at least 4 members (excludes halogenated alkanes) is 2. The van der Waals surface area contributed by atoms with Gasteiger partial charge in [0.1, 0.15) is 23.3 Å². The van der Waals surface area contributed by atoms with Gasteiger partial charge in [-0.3, -0.25) is 4.79 Å². The van der Waals surface area contributed by atoms with Crippen molar-refractivity contribution in [1.82, 2.24) is 4.90 Å². The van der Waals surface area contributed by atoms with Crippen LogP contribution in [0, 0.1) is 23.7 Å². The zero-order chi connectivity index (χ0) is 46.9. The molecule has 1 amide bonds. The molecule has 3 aromatic rings. The van der Waals surface area contributed by atoms with Crippen LogP contribution in [-0.2, 0) is 25.7 Å². The van der Waals surface area contributed by atoms with Gasteiger partial charge < -0.3 is 48.4 Å². The quantitative estimate of drug-likeness (QED) is 0.0431. The Morgan fingerprint density at radius 3 is 2.43 bits per heavy atom. The molecule has 0 radical (unpaired) electrons. The molecule has 1 saturated heterocycles. The van der Waals surface area contributed by atoms with Gasteiger partial charge in [-0.2, -0.15) is 0 Å². The van der Waals surface area contributed by atoms with E-state index in [1.165, 1.54) is 12.8 Å². The van der Waals surface area contributed by atoms with Crippen molar-refractivity contribution in [3.63, 3.8) is 0 Å². The zero-order valence-electron chi connectivity index (χ0n) is 39.7. The van der Waals surface area contributed by atoms with Crippen LogP contribution in [0.3, 0.4) is 0 Å². The summed E-state index contributed by atoms with van der Waals surface area (Å²) in [6, 6.07) is 19.5. The van der Waals surface area contributed by atoms with E-state index in [9.17, 15) is 10.2 Å². The molecule has 3 aliphatic heterocycles. The first-order chi connectivity index (χ1) is 33.4. The summed E-state index contributed by atoms with van der Waals surface area (Å²) in [5.41, 5.74) is 3.66. The summed E-state index contributed by atoms with van der Waals surface area (Å²) in [5, 5.41) is 25.2. The summed E-state index contributed by atoms with van der Waals surface area (Å²) in [6.45, 7) is 5.58. The number of fused-ring (bicyclic) bond motifs is 3. The Kier molecular flexibility index (Phi) is 16.3. The molecule has 3 aliphatic carbocycles. The van der Waals surface area contributed by atoms with E-state index in [1.54, 1.807) is 17.8 Å². The van der Waals surface area contributed by atoms with E-state index in [1.807, 2.05) is 47.4 Å². The lowest BCUT2D eigenvalue weighted by Gasteiger charge is -2.60. The number of ether oxygens (including phenoxy) is 6. The standard InChI is InChI=1S/C55H70N2O10S/c1-3-29-64-55-50(57(51(60)26-18-37-12-4-5-13-37)35-38-17-24-48-49(31-38)63-36-62-48)34-46(56-67-52-16-8-11-30-61-52)44-32-39(14-6-9-27-58)43(15-7-10-28-59)53(54(44)55)45-33-41(21-25-47(45)66-55)65-40-19-22-42(68-2)23-20-40/h3,17,19-25,31-33,37,39,43,50,52-54,58-59H,1,4-16,18,26-30,34-36H2,2H3/t39-,43+,50-,52?,53+,54+,55+/m0/s1. The third-order valence-corrected chi connectivity index (χ3v) is 15.8. The topological polar surface area (TPSA) is 138 Å². The van der Waals surface area contributed by atoms with Gasteiger partial charge >= 0.3 is 0 Å². The van der Waals surface area contributed by atoms with Crippen molar-refractivity contribution in [2.24, 2.45) is 28.8 Å². The zero-order valence-corrected chi connectivity index (χ0v) is 40.5. The normalized spacial score (nSPS) is 26.6. The van der Waals surface area contributed by atoms with Gasteiger partial charge in [-0.1, -0.05) is 61.9 Å². The van der Waals surface area contributed by atoms with Crippen molar-refractivity contribution in [2.75, 3.05) is 39.5 Å². The average Bonchev–Trinajstić information content (AvgIpc) is 4.08. The van der Waals surface area contributed by atoms with Gasteiger partial charge in [-0.05, 0) is 135 Å². The maximum Gasteiger partial charge on any atom is 0.239 e. The van der Waals surface area contributed by atoms with Crippen LogP contribution < -0.4 is 18.9 Å². The van der Waals surface area contributed by atoms with Crippen molar-refractivity contribution < 1.29 is 48.3 Å². The van der Waals surface area contributed by atoms with Gasteiger partial charge in [0.25, 0.3) is 0 Å². The predicted octanol–water partition coefficient (Wildman–Crippen LogP) is 11.1. The van der Waals surface area contributed by atoms with Gasteiger partial charge in [0.05, 0.1) is 24.8 Å². The van der Waals surface area contributed by atoms with Gasteiger partial charge in [-0.15, -0.1) is 18.3 Å². The van der Waals surface area contributed by atoms with E-state index >= 15 is 4.79 Å². The first kappa shape index (κ1) is 48.5. The van der Waals surface area contributed by atoms with Gasteiger partial charge in [0.15, 0.2) is 11.5 Å². The lowest BCUT2D eigenvalue weighted by Crippen LogP contribution is -2.70. The van der Waals surface area contributed by atoms with Gasteiger partial charge in [0, 0.05) is 55.4 Å². The molecule has 0 spiro atoms. The number of thioether (sulfide) groups is 1. The summed E-state index contributed by atoms with van der Waals surface area (Å²) in [5.74, 6) is 2.12. The number of oxime groups is 1. The largest absolute Gasteiger partial charge is 0.459 e. The number of aliphatic hydroxyl groups is 2. The van der Waals surface area contributed by atoms with Crippen LogP contribution in [0.25, 0.3) is 0 Å². The molecule has 0 aromatic heterocycles. The molecule has 3 aromatic carbocycles. The molecule has 12 nitrogen and oxygen atoms in total. The lowest BCUT2D eigenvalue weighted by molar-refractivity contribution is -0.258. The minimum atomic E-state index is -1.39. The minimum Gasteiger partial charge on any atom is -0.459 e. The maximum absolute atomic E-state index is 15.4. The molecule has 68 heavy (non-hydrogen) atoms. The highest BCUT2D eigenvalue weighted by molar-refractivity contribution is 7.98. The fourth-order valence-electron chi connectivity index (χ4n) is 11.8. The second-order valence-corrected chi connectivity index (χ2v) is 20.2. The highest BCUT2D eigenvalue weighted by Gasteiger charge is 2.65. The third kappa shape index (κ3) is 10.8. The first-order valence-corrected chi connectivity index (χ1v) is 26.5. The van der Waals surface area contributed by atoms with Crippen LogP contribution >= 0.6 is 11.8 Å². The minimum absolute atomic E-state index is 0.0313. The molecular formula is C55H70N2O10S. The van der Waals surface area contributed by atoms with E-state index in [0.29, 0.717) is 61.2 Å². The molecular weight excluding hydrogens is 881 g/mol. The molecule has 2 N–H and O–H groups in total. The van der Waals surface area contributed by atoms with E-state index in [-0.39, 0.29) is 56.8 Å². The monoisotopic (exact) mass is 950 g/mol. The number of benzene rings is 3. The number of nitrogens with zero attached hydrogens (tertiary/aromatic N) is 2. The number of hydrogen-bond donors (Lipinski definition) is 2. The van der Waals surface area contributed by atoms with Crippen molar-refractivity contribution in [3.8, 4) is 28.7 Å². The Bertz CT molecular complexity index is 2240. The Labute approximate surface area is 406 Å². The second kappa shape index (κ2) is 22.9. The number of amides is 1. The van der Waals surface area contributed by atoms with Crippen LogP contribution in [0.2, 0.25) is 0 Å². The Morgan fingerprint density at radius 2 is 1.66 bits per heavy atom. The van der Waals surface area contributed by atoms with Crippen LogP contribution in [-0.4, -0.2) is 84.3 Å². The summed E-state index contributed by atoms with van der Waals surface area (Å²) >= 11 is 1.69. The summed E-state index contributed by atoms with van der Waals surface area (Å²) < 4.78 is 39.2. The Morgan fingerprint density at radius 1 is 0.897 bits per heavy atom. The molecule has 366 valence electrons. The molecule has 3 fully saturated rings. The summed E-state index contributed by atoms with van der Waals surface area (Å²) in [7, 11) is 0. The van der Waals surface area contributed by atoms with E-state index in [2.05, 4.69) is 37.1 Å². The third-order valence-electron chi connectivity index (χ3n) is 15.1. The molecule has 2 saturated carbocycles. The SMILES string of the molecule is C=CCO[C@@]12Oc3ccc(Oc4ccc(SC)cc4)cc3[C@H]3[C@H](CCCCO)[C@@H](CCCCO)C=C(C(=NOC4CCCCO4)C[C@@H]1N(Cc1ccc4c(c1)OCO4)C(=O)CCC1CCCC1)[C@H]32. The van der Waals surface area contributed by atoms with E-state index < -0.39 is 24.0 Å². The van der Waals surface area contributed by atoms with E-state index in [4.69, 9.17) is 38.4 Å². The second-order valence-electron chi connectivity index (χ2n) is 19.4. The highest BCUT2D eigenvalue weighted by atomic mass is 32.2. The van der Waals surface area contributed by atoms with Crippen molar-refractivity contribution >= 4 is 23.4 Å². The molecule has 7 atom stereocenters. The Balaban J connectivity index is 1.22. The first-order valence-electron chi connectivity index (χ1n) is 25.3. The summed E-state index contributed by atoms with van der Waals surface area (Å²) in [4.78, 5) is 25.0.